The minimum absolute atomic E-state index is 0.0679. The van der Waals surface area contributed by atoms with Gasteiger partial charge in [0.15, 0.2) is 6.10 Å². The number of carbonyl (C=O) groups is 2. The molecule has 0 saturated carbocycles. The number of hydrogen-bond donors (Lipinski definition) is 1. The highest BCUT2D eigenvalue weighted by Crippen LogP contribution is 2.14. The molecule has 0 heterocycles. The largest absolute Gasteiger partial charge is 0.462 e. The Hall–Kier alpha value is -3.18. The number of ether oxygens (including phenoxy) is 2. The van der Waals surface area contributed by atoms with E-state index in [-0.39, 0.29) is 25.2 Å². The van der Waals surface area contributed by atoms with Crippen molar-refractivity contribution >= 4 is 11.9 Å². The van der Waals surface area contributed by atoms with Crippen molar-refractivity contribution in [3.8, 4) is 0 Å². The molecule has 0 aromatic rings. The highest BCUT2D eigenvalue weighted by atomic mass is 16.6. The van der Waals surface area contributed by atoms with Crippen molar-refractivity contribution in [2.45, 2.75) is 225 Å². The van der Waals surface area contributed by atoms with E-state index in [1.807, 2.05) is 0 Å². The standard InChI is InChI=1S/C55H92O5/c1-3-5-7-9-11-13-14-15-16-17-18-19-20-21-22-23-24-25-26-27-28-29-30-31-32-33-34-35-36-37-38-39-40-42-44-46-48-50-55(58)60-53(51-56)52-59-54(57)49-47-45-43-41-12-10-8-6-4-2/h5,7,11,13,15-16,18-19,21-22,24-25,27-28,30-31,53,56H,3-4,6,8-10,12,14,17,20,23,26,29,32-52H2,1-2H3/b7-5-,13-11-,16-15-,19-18-,22-21-,25-24-,28-27-,31-30-. The van der Waals surface area contributed by atoms with Gasteiger partial charge in [0, 0.05) is 12.8 Å². The topological polar surface area (TPSA) is 72.8 Å². The molecular weight excluding hydrogens is 741 g/mol. The molecule has 0 aliphatic heterocycles. The molecule has 0 rings (SSSR count). The second-order valence-electron chi connectivity index (χ2n) is 16.2. The van der Waals surface area contributed by atoms with Crippen molar-refractivity contribution in [3.63, 3.8) is 0 Å². The summed E-state index contributed by atoms with van der Waals surface area (Å²) in [6.45, 7) is 3.99. The van der Waals surface area contributed by atoms with E-state index in [9.17, 15) is 14.7 Å². The van der Waals surface area contributed by atoms with Gasteiger partial charge in [-0.3, -0.25) is 9.59 Å². The Labute approximate surface area is 370 Å². The zero-order chi connectivity index (χ0) is 43.5. The van der Waals surface area contributed by atoms with E-state index in [1.54, 1.807) is 0 Å². The number of aliphatic hydroxyl groups is 1. The Bertz CT molecular complexity index is 1170. The second kappa shape index (κ2) is 50.2. The smallest absolute Gasteiger partial charge is 0.306 e. The van der Waals surface area contributed by atoms with Crippen molar-refractivity contribution in [2.75, 3.05) is 13.2 Å². The van der Waals surface area contributed by atoms with Crippen LogP contribution in [0.25, 0.3) is 0 Å². The molecule has 5 heteroatoms. The van der Waals surface area contributed by atoms with Crippen LogP contribution in [0.15, 0.2) is 97.2 Å². The number of hydrogen-bond acceptors (Lipinski definition) is 5. The number of carbonyl (C=O) groups excluding carboxylic acids is 2. The van der Waals surface area contributed by atoms with Gasteiger partial charge < -0.3 is 14.6 Å². The van der Waals surface area contributed by atoms with E-state index in [0.717, 1.165) is 89.9 Å². The van der Waals surface area contributed by atoms with E-state index in [0.29, 0.717) is 12.8 Å². The Balaban J connectivity index is 3.53. The summed E-state index contributed by atoms with van der Waals surface area (Å²) in [5.41, 5.74) is 0. The van der Waals surface area contributed by atoms with Crippen molar-refractivity contribution in [1.82, 2.24) is 0 Å². The van der Waals surface area contributed by atoms with E-state index in [4.69, 9.17) is 9.47 Å². The van der Waals surface area contributed by atoms with Crippen molar-refractivity contribution < 1.29 is 24.2 Å². The molecule has 342 valence electrons. The minimum Gasteiger partial charge on any atom is -0.462 e. The van der Waals surface area contributed by atoms with Gasteiger partial charge in [0.2, 0.25) is 0 Å². The Morgan fingerprint density at radius 3 is 1.08 bits per heavy atom. The van der Waals surface area contributed by atoms with Crippen LogP contribution in [0.1, 0.15) is 219 Å². The molecule has 0 aliphatic rings. The average Bonchev–Trinajstić information content (AvgIpc) is 3.25. The van der Waals surface area contributed by atoms with Gasteiger partial charge in [-0.2, -0.15) is 0 Å². The second-order valence-corrected chi connectivity index (χ2v) is 16.2. The van der Waals surface area contributed by atoms with Gasteiger partial charge in [-0.05, 0) is 77.0 Å². The predicted octanol–water partition coefficient (Wildman–Crippen LogP) is 16.4. The van der Waals surface area contributed by atoms with Crippen LogP contribution < -0.4 is 0 Å². The van der Waals surface area contributed by atoms with Gasteiger partial charge in [0.1, 0.15) is 6.61 Å². The van der Waals surface area contributed by atoms with Crippen molar-refractivity contribution in [3.05, 3.63) is 97.2 Å². The summed E-state index contributed by atoms with van der Waals surface area (Å²) in [6, 6.07) is 0. The fourth-order valence-corrected chi connectivity index (χ4v) is 6.69. The number of unbranched alkanes of at least 4 members (excludes halogenated alkanes) is 20. The van der Waals surface area contributed by atoms with Crippen molar-refractivity contribution in [1.29, 1.82) is 0 Å². The van der Waals surface area contributed by atoms with E-state index < -0.39 is 6.10 Å². The Morgan fingerprint density at radius 1 is 0.400 bits per heavy atom. The third-order valence-corrected chi connectivity index (χ3v) is 10.4. The molecule has 0 aliphatic carbocycles. The van der Waals surface area contributed by atoms with Crippen molar-refractivity contribution in [2.24, 2.45) is 0 Å². The normalized spacial score (nSPS) is 13.1. The minimum atomic E-state index is -0.773. The number of allylic oxidation sites excluding steroid dienone is 16. The van der Waals surface area contributed by atoms with Crippen LogP contribution >= 0.6 is 0 Å². The highest BCUT2D eigenvalue weighted by molar-refractivity contribution is 5.70. The summed E-state index contributed by atoms with van der Waals surface area (Å²) in [7, 11) is 0. The maximum absolute atomic E-state index is 12.2. The summed E-state index contributed by atoms with van der Waals surface area (Å²) >= 11 is 0. The molecule has 5 nitrogen and oxygen atoms in total. The molecule has 1 unspecified atom stereocenters. The third-order valence-electron chi connectivity index (χ3n) is 10.4. The molecule has 0 amide bonds. The van der Waals surface area contributed by atoms with Crippen LogP contribution in [0.5, 0.6) is 0 Å². The molecule has 1 atom stereocenters. The Morgan fingerprint density at radius 2 is 0.717 bits per heavy atom. The fraction of sp³-hybridized carbons (Fsp3) is 0.673. The van der Waals surface area contributed by atoms with Gasteiger partial charge >= 0.3 is 11.9 Å². The van der Waals surface area contributed by atoms with Crippen LogP contribution in [-0.2, 0) is 19.1 Å². The molecule has 1 N–H and O–H groups in total. The summed E-state index contributed by atoms with van der Waals surface area (Å²) < 4.78 is 10.6. The van der Waals surface area contributed by atoms with Gasteiger partial charge in [-0.1, -0.05) is 227 Å². The van der Waals surface area contributed by atoms with Crippen LogP contribution in [0.4, 0.5) is 0 Å². The summed E-state index contributed by atoms with van der Waals surface area (Å²) in [6.07, 6.45) is 70.9. The number of rotatable bonds is 44. The lowest BCUT2D eigenvalue weighted by atomic mass is 10.0. The average molecular weight is 833 g/mol. The maximum Gasteiger partial charge on any atom is 0.306 e. The first-order valence-corrected chi connectivity index (χ1v) is 24.8. The molecule has 0 aromatic carbocycles. The lowest BCUT2D eigenvalue weighted by Gasteiger charge is -2.15. The zero-order valence-corrected chi connectivity index (χ0v) is 38.9. The number of esters is 2. The molecule has 0 aromatic heterocycles. The summed E-state index contributed by atoms with van der Waals surface area (Å²) in [4.78, 5) is 24.2. The molecule has 0 fully saturated rings. The highest BCUT2D eigenvalue weighted by Gasteiger charge is 2.16. The van der Waals surface area contributed by atoms with E-state index >= 15 is 0 Å². The van der Waals surface area contributed by atoms with Gasteiger partial charge in [0.25, 0.3) is 0 Å². The quantitative estimate of drug-likeness (QED) is 0.0376. The summed E-state index contributed by atoms with van der Waals surface area (Å²) in [5, 5.41) is 9.56. The van der Waals surface area contributed by atoms with Gasteiger partial charge in [-0.25, -0.2) is 0 Å². The Kier molecular flexibility index (Phi) is 47.5. The zero-order valence-electron chi connectivity index (χ0n) is 38.9. The first-order valence-electron chi connectivity index (χ1n) is 24.8. The molecule has 0 bridgehead atoms. The molecule has 0 saturated heterocycles. The van der Waals surface area contributed by atoms with E-state index in [2.05, 4.69) is 111 Å². The van der Waals surface area contributed by atoms with Crippen LogP contribution in [0.3, 0.4) is 0 Å². The third kappa shape index (κ3) is 47.5. The van der Waals surface area contributed by atoms with Crippen LogP contribution in [0.2, 0.25) is 0 Å². The summed E-state index contributed by atoms with van der Waals surface area (Å²) in [5.74, 6) is -0.597. The predicted molar refractivity (Wildman–Crippen MR) is 260 cm³/mol. The van der Waals surface area contributed by atoms with Crippen LogP contribution in [-0.4, -0.2) is 36.4 Å². The maximum atomic E-state index is 12.2. The lowest BCUT2D eigenvalue weighted by molar-refractivity contribution is -0.161. The van der Waals surface area contributed by atoms with Crippen LogP contribution in [0, 0.1) is 0 Å². The number of aliphatic hydroxyl groups excluding tert-OH is 1. The van der Waals surface area contributed by atoms with Gasteiger partial charge in [-0.15, -0.1) is 0 Å². The molecular formula is C55H92O5. The monoisotopic (exact) mass is 833 g/mol. The first kappa shape index (κ1) is 56.8. The lowest BCUT2D eigenvalue weighted by Crippen LogP contribution is -2.28. The fourth-order valence-electron chi connectivity index (χ4n) is 6.69. The first-order chi connectivity index (χ1) is 29.6. The SMILES string of the molecule is CC/C=C\C/C=C\C/C=C\C/C=C\C/C=C\C/C=C\C/C=C\C/C=C\CCCCCCCCCCCCCCC(=O)OC(CO)COC(=O)CCCCCCCCCCC. The molecule has 60 heavy (non-hydrogen) atoms. The molecule has 0 spiro atoms. The van der Waals surface area contributed by atoms with Gasteiger partial charge in [0.05, 0.1) is 6.61 Å². The molecule has 0 radical (unpaired) electrons. The van der Waals surface area contributed by atoms with E-state index in [1.165, 1.54) is 103 Å².